The number of amides is 2. The lowest BCUT2D eigenvalue weighted by atomic mass is 10.1. The molecule has 0 aliphatic rings. The lowest BCUT2D eigenvalue weighted by molar-refractivity contribution is -0.385. The van der Waals surface area contributed by atoms with Crippen molar-refractivity contribution in [2.24, 2.45) is 0 Å². The zero-order valence-electron chi connectivity index (χ0n) is 17.1. The lowest BCUT2D eigenvalue weighted by Gasteiger charge is -2.12. The van der Waals surface area contributed by atoms with Gasteiger partial charge in [-0.3, -0.25) is 25.0 Å². The molecule has 174 valence electrons. The molecule has 0 spiro atoms. The fourth-order valence-corrected chi connectivity index (χ4v) is 3.08. The Bertz CT molecular complexity index is 1280. The van der Waals surface area contributed by atoms with Gasteiger partial charge in [0, 0.05) is 23.0 Å². The van der Waals surface area contributed by atoms with Gasteiger partial charge in [-0.15, -0.1) is 0 Å². The smallest absolute Gasteiger partial charge is 0.332 e. The Labute approximate surface area is 195 Å². The predicted octanol–water partition coefficient (Wildman–Crippen LogP) is 4.99. The van der Waals surface area contributed by atoms with Gasteiger partial charge in [0.15, 0.2) is 5.11 Å². The van der Waals surface area contributed by atoms with Crippen molar-refractivity contribution < 1.29 is 27.7 Å². The van der Waals surface area contributed by atoms with Crippen molar-refractivity contribution in [2.75, 3.05) is 10.6 Å². The molecule has 0 aliphatic heterocycles. The molecule has 34 heavy (non-hydrogen) atoms. The maximum atomic E-state index is 12.9. The zero-order valence-corrected chi connectivity index (χ0v) is 17.9. The lowest BCUT2D eigenvalue weighted by Crippen LogP contribution is -2.34. The van der Waals surface area contributed by atoms with Crippen molar-refractivity contribution in [2.45, 2.75) is 6.18 Å². The molecule has 0 aromatic heterocycles. The van der Waals surface area contributed by atoms with Gasteiger partial charge in [-0.2, -0.15) is 13.2 Å². The van der Waals surface area contributed by atoms with Crippen LogP contribution in [0.15, 0.2) is 72.8 Å². The highest BCUT2D eigenvalue weighted by molar-refractivity contribution is 7.80. The summed E-state index contributed by atoms with van der Waals surface area (Å²) in [6.45, 7) is 0. The van der Waals surface area contributed by atoms with E-state index in [1.165, 1.54) is 60.7 Å². The van der Waals surface area contributed by atoms with Crippen molar-refractivity contribution in [1.82, 2.24) is 5.32 Å². The Balaban J connectivity index is 1.68. The number of benzene rings is 3. The van der Waals surface area contributed by atoms with Gasteiger partial charge < -0.3 is 10.6 Å². The minimum atomic E-state index is -4.55. The van der Waals surface area contributed by atoms with Gasteiger partial charge in [0.2, 0.25) is 0 Å². The Morgan fingerprint density at radius 2 is 1.50 bits per heavy atom. The van der Waals surface area contributed by atoms with Crippen LogP contribution in [0.1, 0.15) is 26.3 Å². The quantitative estimate of drug-likeness (QED) is 0.265. The number of para-hydroxylation sites is 1. The van der Waals surface area contributed by atoms with Crippen LogP contribution in [0, 0.1) is 10.1 Å². The van der Waals surface area contributed by atoms with Crippen molar-refractivity contribution in [3.63, 3.8) is 0 Å². The summed E-state index contributed by atoms with van der Waals surface area (Å²) < 4.78 is 38.6. The Kier molecular flexibility index (Phi) is 7.21. The third kappa shape index (κ3) is 6.13. The normalized spacial score (nSPS) is 10.8. The summed E-state index contributed by atoms with van der Waals surface area (Å²) >= 11 is 5.06. The molecule has 2 amide bonds. The Morgan fingerprint density at radius 3 is 2.18 bits per heavy atom. The number of carbonyl (C=O) groups is 2. The summed E-state index contributed by atoms with van der Waals surface area (Å²) in [5, 5.41) is 18.3. The number of nitrogens with one attached hydrogen (secondary N) is 3. The minimum Gasteiger partial charge on any atom is -0.332 e. The maximum absolute atomic E-state index is 12.9. The number of alkyl halides is 3. The summed E-state index contributed by atoms with van der Waals surface area (Å²) in [7, 11) is 0. The van der Waals surface area contributed by atoms with Gasteiger partial charge in [-0.1, -0.05) is 24.3 Å². The number of rotatable bonds is 5. The van der Waals surface area contributed by atoms with Crippen LogP contribution in [0.2, 0.25) is 0 Å². The molecular formula is C22H15F3N4O4S. The molecule has 0 unspecified atom stereocenters. The molecule has 0 saturated carbocycles. The van der Waals surface area contributed by atoms with E-state index >= 15 is 0 Å². The maximum Gasteiger partial charge on any atom is 0.416 e. The average molecular weight is 488 g/mol. The number of hydrogen-bond acceptors (Lipinski definition) is 5. The molecule has 0 aliphatic carbocycles. The van der Waals surface area contributed by atoms with Crippen LogP contribution in [0.4, 0.5) is 30.2 Å². The summed E-state index contributed by atoms with van der Waals surface area (Å²) in [4.78, 5) is 35.2. The van der Waals surface area contributed by atoms with Crippen LogP contribution in [-0.2, 0) is 6.18 Å². The number of halogens is 3. The molecule has 12 heteroatoms. The first-order valence-electron chi connectivity index (χ1n) is 9.49. The van der Waals surface area contributed by atoms with Gasteiger partial charge in [0.05, 0.1) is 10.5 Å². The predicted molar refractivity (Wildman–Crippen MR) is 123 cm³/mol. The number of thiocarbonyl (C=S) groups is 1. The molecule has 3 aromatic carbocycles. The van der Waals surface area contributed by atoms with E-state index in [0.717, 1.165) is 12.1 Å². The van der Waals surface area contributed by atoms with E-state index < -0.39 is 34.2 Å². The second-order valence-corrected chi connectivity index (χ2v) is 7.20. The second-order valence-electron chi connectivity index (χ2n) is 6.80. The Hall–Kier alpha value is -4.32. The van der Waals surface area contributed by atoms with E-state index in [1.54, 1.807) is 0 Å². The van der Waals surface area contributed by atoms with Gasteiger partial charge in [-0.05, 0) is 54.7 Å². The van der Waals surface area contributed by atoms with E-state index in [1.807, 2.05) is 0 Å². The van der Waals surface area contributed by atoms with E-state index in [9.17, 15) is 32.9 Å². The highest BCUT2D eigenvalue weighted by Gasteiger charge is 2.30. The number of hydrogen-bond donors (Lipinski definition) is 3. The molecule has 0 atom stereocenters. The molecule has 0 saturated heterocycles. The van der Waals surface area contributed by atoms with E-state index in [0.29, 0.717) is 5.69 Å². The van der Waals surface area contributed by atoms with Crippen molar-refractivity contribution >= 4 is 46.2 Å². The van der Waals surface area contributed by atoms with Gasteiger partial charge in [0.1, 0.15) is 5.56 Å². The fraction of sp³-hybridized carbons (Fsp3) is 0.0455. The van der Waals surface area contributed by atoms with Crippen LogP contribution in [0.3, 0.4) is 0 Å². The van der Waals surface area contributed by atoms with Gasteiger partial charge >= 0.3 is 6.18 Å². The monoisotopic (exact) mass is 488 g/mol. The zero-order chi connectivity index (χ0) is 24.9. The molecule has 8 nitrogen and oxygen atoms in total. The molecular weight excluding hydrogens is 473 g/mol. The van der Waals surface area contributed by atoms with Gasteiger partial charge in [-0.25, -0.2) is 0 Å². The van der Waals surface area contributed by atoms with Crippen LogP contribution in [0.25, 0.3) is 0 Å². The minimum absolute atomic E-state index is 0.0366. The Morgan fingerprint density at radius 1 is 0.853 bits per heavy atom. The van der Waals surface area contributed by atoms with Gasteiger partial charge in [0.25, 0.3) is 17.5 Å². The average Bonchev–Trinajstić information content (AvgIpc) is 2.78. The first kappa shape index (κ1) is 24.3. The first-order valence-corrected chi connectivity index (χ1v) is 9.90. The topological polar surface area (TPSA) is 113 Å². The molecule has 3 N–H and O–H groups in total. The standard InChI is InChI=1S/C22H15F3N4O4S/c23-22(24,25)14-6-4-8-16(12-14)26-19(30)13-5-3-7-15(11-13)27-21(34)28-20(31)17-9-1-2-10-18(17)29(32)33/h1-12H,(H,26,30)(H2,27,28,31,34). The fourth-order valence-electron chi connectivity index (χ4n) is 2.87. The summed E-state index contributed by atoms with van der Waals surface area (Å²) in [5.74, 6) is -1.47. The number of nitro groups is 1. The van der Waals surface area contributed by atoms with Crippen LogP contribution in [-0.4, -0.2) is 21.9 Å². The van der Waals surface area contributed by atoms with Crippen LogP contribution in [0.5, 0.6) is 0 Å². The summed E-state index contributed by atoms with van der Waals surface area (Å²) in [5.41, 5.74) is -1.12. The SMILES string of the molecule is O=C(Nc1cccc(C(F)(F)F)c1)c1cccc(NC(=S)NC(=O)c2ccccc2[N+](=O)[O-])c1. The molecule has 3 aromatic rings. The van der Waals surface area contributed by atoms with Crippen molar-refractivity contribution in [3.8, 4) is 0 Å². The molecule has 3 rings (SSSR count). The van der Waals surface area contributed by atoms with E-state index in [4.69, 9.17) is 12.2 Å². The third-order valence-electron chi connectivity index (χ3n) is 4.40. The van der Waals surface area contributed by atoms with Crippen molar-refractivity contribution in [3.05, 3.63) is 99.6 Å². The number of carbonyl (C=O) groups excluding carboxylic acids is 2. The first-order chi connectivity index (χ1) is 16.0. The third-order valence-corrected chi connectivity index (χ3v) is 4.61. The van der Waals surface area contributed by atoms with E-state index in [-0.39, 0.29) is 21.9 Å². The molecule has 0 fully saturated rings. The van der Waals surface area contributed by atoms with E-state index in [2.05, 4.69) is 16.0 Å². The largest absolute Gasteiger partial charge is 0.416 e. The number of anilines is 2. The summed E-state index contributed by atoms with van der Waals surface area (Å²) in [6, 6.07) is 15.4. The van der Waals surface area contributed by atoms with Crippen LogP contribution < -0.4 is 16.0 Å². The molecule has 0 radical (unpaired) electrons. The highest BCUT2D eigenvalue weighted by atomic mass is 32.1. The highest BCUT2D eigenvalue weighted by Crippen LogP contribution is 2.30. The van der Waals surface area contributed by atoms with Crippen LogP contribution >= 0.6 is 12.2 Å². The molecule has 0 heterocycles. The number of nitro benzene ring substituents is 1. The second kappa shape index (κ2) is 10.1. The summed E-state index contributed by atoms with van der Waals surface area (Å²) in [6.07, 6.45) is -4.55. The number of nitrogens with zero attached hydrogens (tertiary/aromatic N) is 1. The van der Waals surface area contributed by atoms with Crippen molar-refractivity contribution in [1.29, 1.82) is 0 Å². The molecule has 0 bridgehead atoms.